The molecule has 31 heavy (non-hydrogen) atoms. The van der Waals surface area contributed by atoms with E-state index in [2.05, 4.69) is 31.4 Å². The van der Waals surface area contributed by atoms with Gasteiger partial charge in [-0.3, -0.25) is 9.59 Å². The SMILES string of the molecule is CC(C)(C)c1ccc(C(=O)NC(CCS(C)(=O)=O)C(=O)NCc2ccc(F)cc2)cc1. The van der Waals surface area contributed by atoms with E-state index in [1.54, 1.807) is 12.1 Å². The molecule has 0 saturated heterocycles. The molecule has 0 heterocycles. The topological polar surface area (TPSA) is 92.3 Å². The van der Waals surface area contributed by atoms with Crippen LogP contribution in [0, 0.1) is 5.82 Å². The molecule has 0 aliphatic rings. The number of sulfone groups is 1. The monoisotopic (exact) mass is 448 g/mol. The number of amides is 2. The summed E-state index contributed by atoms with van der Waals surface area (Å²) in [7, 11) is -3.32. The minimum absolute atomic E-state index is 0.0557. The smallest absolute Gasteiger partial charge is 0.251 e. The standard InChI is InChI=1S/C23H29FN2O4S/c1-23(2,3)18-9-7-17(8-10-18)21(27)26-20(13-14-31(4,29)30)22(28)25-15-16-5-11-19(24)12-6-16/h5-12,20H,13-15H2,1-4H3,(H,25,28)(H,26,27). The van der Waals surface area contributed by atoms with Crippen LogP contribution in [-0.2, 0) is 26.6 Å². The van der Waals surface area contributed by atoms with E-state index in [9.17, 15) is 22.4 Å². The summed E-state index contributed by atoms with van der Waals surface area (Å²) < 4.78 is 36.2. The molecular formula is C23H29FN2O4S. The van der Waals surface area contributed by atoms with Crippen LogP contribution in [0.1, 0.15) is 48.7 Å². The highest BCUT2D eigenvalue weighted by Gasteiger charge is 2.23. The first-order valence-corrected chi connectivity index (χ1v) is 12.0. The third kappa shape index (κ3) is 8.13. The summed E-state index contributed by atoms with van der Waals surface area (Å²) in [4.78, 5) is 25.3. The van der Waals surface area contributed by atoms with Crippen molar-refractivity contribution in [2.45, 2.75) is 45.2 Å². The lowest BCUT2D eigenvalue weighted by Crippen LogP contribution is -2.47. The van der Waals surface area contributed by atoms with Gasteiger partial charge >= 0.3 is 0 Å². The molecule has 6 nitrogen and oxygen atoms in total. The van der Waals surface area contributed by atoms with E-state index in [1.807, 2.05) is 12.1 Å². The first-order chi connectivity index (χ1) is 14.3. The molecule has 2 N–H and O–H groups in total. The van der Waals surface area contributed by atoms with Crippen LogP contribution in [0.25, 0.3) is 0 Å². The average molecular weight is 449 g/mol. The summed E-state index contributed by atoms with van der Waals surface area (Å²) in [6.07, 6.45) is 1.02. The Morgan fingerprint density at radius 1 is 1.00 bits per heavy atom. The molecule has 0 aliphatic heterocycles. The Bertz CT molecular complexity index is 1010. The largest absolute Gasteiger partial charge is 0.350 e. The number of carbonyl (C=O) groups is 2. The van der Waals surface area contributed by atoms with Gasteiger partial charge in [0.2, 0.25) is 5.91 Å². The molecule has 168 valence electrons. The highest BCUT2D eigenvalue weighted by atomic mass is 32.2. The first kappa shape index (κ1) is 24.5. The van der Waals surface area contributed by atoms with Gasteiger partial charge in [0.1, 0.15) is 21.7 Å². The summed E-state index contributed by atoms with van der Waals surface area (Å²) >= 11 is 0. The predicted molar refractivity (Wildman–Crippen MR) is 119 cm³/mol. The quantitative estimate of drug-likeness (QED) is 0.649. The number of carbonyl (C=O) groups excluding carboxylic acids is 2. The van der Waals surface area contributed by atoms with Gasteiger partial charge in [0.05, 0.1) is 5.75 Å². The van der Waals surface area contributed by atoms with Gasteiger partial charge in [-0.05, 0) is 47.2 Å². The predicted octanol–water partition coefficient (Wildman–Crippen LogP) is 2.97. The van der Waals surface area contributed by atoms with Crippen molar-refractivity contribution in [1.82, 2.24) is 10.6 Å². The summed E-state index contributed by atoms with van der Waals surface area (Å²) in [5.74, 6) is -1.60. The van der Waals surface area contributed by atoms with Crippen LogP contribution in [0.4, 0.5) is 4.39 Å². The minimum Gasteiger partial charge on any atom is -0.350 e. The fourth-order valence-corrected chi connectivity index (χ4v) is 3.54. The molecular weight excluding hydrogens is 419 g/mol. The normalized spacial score (nSPS) is 12.8. The molecule has 0 bridgehead atoms. The number of hydrogen-bond donors (Lipinski definition) is 2. The molecule has 1 atom stereocenters. The maximum atomic E-state index is 13.0. The molecule has 2 rings (SSSR count). The van der Waals surface area contributed by atoms with Crippen LogP contribution in [-0.4, -0.2) is 38.3 Å². The Hall–Kier alpha value is -2.74. The second-order valence-electron chi connectivity index (χ2n) is 8.62. The van der Waals surface area contributed by atoms with Crippen LogP contribution < -0.4 is 10.6 Å². The average Bonchev–Trinajstić information content (AvgIpc) is 2.69. The molecule has 0 aromatic heterocycles. The van der Waals surface area contributed by atoms with Gasteiger partial charge in [-0.2, -0.15) is 0 Å². The van der Waals surface area contributed by atoms with Crippen molar-refractivity contribution < 1.29 is 22.4 Å². The molecule has 0 aliphatic carbocycles. The molecule has 2 aromatic rings. The van der Waals surface area contributed by atoms with Crippen LogP contribution in [0.3, 0.4) is 0 Å². The van der Waals surface area contributed by atoms with Gasteiger partial charge in [-0.25, -0.2) is 12.8 Å². The van der Waals surface area contributed by atoms with Crippen molar-refractivity contribution in [2.24, 2.45) is 0 Å². The Balaban J connectivity index is 2.09. The lowest BCUT2D eigenvalue weighted by molar-refractivity contribution is -0.123. The molecule has 0 saturated carbocycles. The van der Waals surface area contributed by atoms with E-state index in [1.165, 1.54) is 24.3 Å². The number of nitrogens with one attached hydrogen (secondary N) is 2. The maximum Gasteiger partial charge on any atom is 0.251 e. The molecule has 0 spiro atoms. The number of hydrogen-bond acceptors (Lipinski definition) is 4. The van der Waals surface area contributed by atoms with Crippen LogP contribution in [0.15, 0.2) is 48.5 Å². The molecule has 0 radical (unpaired) electrons. The van der Waals surface area contributed by atoms with Crippen molar-refractivity contribution in [3.8, 4) is 0 Å². The molecule has 8 heteroatoms. The lowest BCUT2D eigenvalue weighted by atomic mass is 9.86. The Morgan fingerprint density at radius 2 is 1.58 bits per heavy atom. The van der Waals surface area contributed by atoms with E-state index in [0.29, 0.717) is 11.1 Å². The summed E-state index contributed by atoms with van der Waals surface area (Å²) in [5, 5.41) is 5.30. The highest BCUT2D eigenvalue weighted by Crippen LogP contribution is 2.22. The van der Waals surface area contributed by atoms with Crippen LogP contribution >= 0.6 is 0 Å². The van der Waals surface area contributed by atoms with Crippen molar-refractivity contribution in [3.63, 3.8) is 0 Å². The van der Waals surface area contributed by atoms with E-state index < -0.39 is 27.7 Å². The fraction of sp³-hybridized carbons (Fsp3) is 0.391. The van der Waals surface area contributed by atoms with Gasteiger partial charge < -0.3 is 10.6 Å². The van der Waals surface area contributed by atoms with Gasteiger partial charge in [0.25, 0.3) is 5.91 Å². The van der Waals surface area contributed by atoms with E-state index in [4.69, 9.17) is 0 Å². The minimum atomic E-state index is -3.32. The van der Waals surface area contributed by atoms with Crippen LogP contribution in [0.2, 0.25) is 0 Å². The Labute approximate surface area is 183 Å². The second-order valence-corrected chi connectivity index (χ2v) is 10.9. The van der Waals surface area contributed by atoms with Crippen molar-refractivity contribution in [3.05, 3.63) is 71.0 Å². The molecule has 1 unspecified atom stereocenters. The summed E-state index contributed by atoms with van der Waals surface area (Å²) in [6.45, 7) is 6.32. The molecule has 2 amide bonds. The maximum absolute atomic E-state index is 13.0. The zero-order valence-electron chi connectivity index (χ0n) is 18.2. The third-order valence-electron chi connectivity index (χ3n) is 4.79. The van der Waals surface area contributed by atoms with E-state index >= 15 is 0 Å². The molecule has 2 aromatic carbocycles. The van der Waals surface area contributed by atoms with Gasteiger partial charge in [-0.15, -0.1) is 0 Å². The fourth-order valence-electron chi connectivity index (χ4n) is 2.88. The van der Waals surface area contributed by atoms with Gasteiger partial charge in [0, 0.05) is 18.4 Å². The first-order valence-electron chi connectivity index (χ1n) is 9.96. The van der Waals surface area contributed by atoms with E-state index in [-0.39, 0.29) is 30.0 Å². The number of rotatable bonds is 8. The third-order valence-corrected chi connectivity index (χ3v) is 5.77. The van der Waals surface area contributed by atoms with Gasteiger partial charge in [0.15, 0.2) is 0 Å². The van der Waals surface area contributed by atoms with Gasteiger partial charge in [-0.1, -0.05) is 45.0 Å². The van der Waals surface area contributed by atoms with Crippen molar-refractivity contribution in [2.75, 3.05) is 12.0 Å². The number of halogens is 1. The summed E-state index contributed by atoms with van der Waals surface area (Å²) in [6, 6.07) is 11.7. The lowest BCUT2D eigenvalue weighted by Gasteiger charge is -2.20. The summed E-state index contributed by atoms with van der Waals surface area (Å²) in [5.41, 5.74) is 2.06. The zero-order valence-corrected chi connectivity index (χ0v) is 19.1. The number of benzene rings is 2. The Morgan fingerprint density at radius 3 is 2.10 bits per heavy atom. The van der Waals surface area contributed by atoms with Crippen molar-refractivity contribution >= 4 is 21.7 Å². The van der Waals surface area contributed by atoms with Crippen LogP contribution in [0.5, 0.6) is 0 Å². The highest BCUT2D eigenvalue weighted by molar-refractivity contribution is 7.90. The van der Waals surface area contributed by atoms with Crippen molar-refractivity contribution in [1.29, 1.82) is 0 Å². The Kier molecular flexibility index (Phi) is 7.95. The zero-order chi connectivity index (χ0) is 23.2. The second kappa shape index (κ2) is 10.0. The van der Waals surface area contributed by atoms with E-state index in [0.717, 1.165) is 11.8 Å². The molecule has 0 fully saturated rings.